The van der Waals surface area contributed by atoms with E-state index < -0.39 is 11.9 Å². The predicted octanol–water partition coefficient (Wildman–Crippen LogP) is 3.89. The highest BCUT2D eigenvalue weighted by Crippen LogP contribution is 2.28. The minimum atomic E-state index is -0.540. The summed E-state index contributed by atoms with van der Waals surface area (Å²) in [5, 5.41) is 6.46. The Morgan fingerprint density at radius 2 is 1.73 bits per heavy atom. The Morgan fingerprint density at radius 1 is 0.973 bits per heavy atom. The van der Waals surface area contributed by atoms with E-state index in [0.29, 0.717) is 34.8 Å². The van der Waals surface area contributed by atoms with Gasteiger partial charge in [0.25, 0.3) is 11.8 Å². The summed E-state index contributed by atoms with van der Waals surface area (Å²) in [5.41, 5.74) is 4.64. The van der Waals surface area contributed by atoms with Crippen molar-refractivity contribution >= 4 is 24.0 Å². The Balaban J connectivity index is 1.53. The molecule has 0 fully saturated rings. The van der Waals surface area contributed by atoms with Gasteiger partial charge in [0.05, 0.1) is 32.0 Å². The Kier molecular flexibility index (Phi) is 9.78. The fourth-order valence-electron chi connectivity index (χ4n) is 3.22. The van der Waals surface area contributed by atoms with Crippen molar-refractivity contribution in [1.82, 2.24) is 10.7 Å². The van der Waals surface area contributed by atoms with Crippen molar-refractivity contribution in [1.29, 1.82) is 0 Å². The maximum Gasteiger partial charge on any atom is 0.343 e. The molecule has 0 unspecified atom stereocenters. The van der Waals surface area contributed by atoms with E-state index in [0.717, 1.165) is 12.0 Å². The molecule has 3 aromatic carbocycles. The molecule has 0 aliphatic carbocycles. The third-order valence-electron chi connectivity index (χ3n) is 5.16. The summed E-state index contributed by atoms with van der Waals surface area (Å²) in [7, 11) is 1.45. The molecule has 9 nitrogen and oxygen atoms in total. The normalized spacial score (nSPS) is 10.6. The summed E-state index contributed by atoms with van der Waals surface area (Å²) >= 11 is 0. The van der Waals surface area contributed by atoms with Crippen molar-refractivity contribution in [2.45, 2.75) is 20.3 Å². The molecule has 2 N–H and O–H groups in total. The fourth-order valence-corrected chi connectivity index (χ4v) is 3.22. The van der Waals surface area contributed by atoms with E-state index in [1.165, 1.54) is 13.3 Å². The van der Waals surface area contributed by atoms with Crippen molar-refractivity contribution in [3.8, 4) is 17.2 Å². The van der Waals surface area contributed by atoms with Gasteiger partial charge in [-0.25, -0.2) is 10.2 Å². The number of rotatable bonds is 11. The van der Waals surface area contributed by atoms with Crippen LogP contribution in [0.5, 0.6) is 17.2 Å². The molecule has 0 aromatic heterocycles. The van der Waals surface area contributed by atoms with Gasteiger partial charge in [-0.2, -0.15) is 5.10 Å². The van der Waals surface area contributed by atoms with E-state index >= 15 is 0 Å². The number of carbonyl (C=O) groups is 3. The number of hydrazone groups is 1. The SMILES string of the molecule is CCCOc1ccc(C(=O)Oc2ccc(/C=N\NC(=O)CNC(=O)c3ccccc3C)cc2OC)cc1. The monoisotopic (exact) mass is 503 g/mol. The molecule has 0 saturated heterocycles. The summed E-state index contributed by atoms with van der Waals surface area (Å²) in [4.78, 5) is 36.8. The van der Waals surface area contributed by atoms with Gasteiger partial charge >= 0.3 is 5.97 Å². The van der Waals surface area contributed by atoms with E-state index in [9.17, 15) is 14.4 Å². The van der Waals surface area contributed by atoms with E-state index in [-0.39, 0.29) is 18.2 Å². The van der Waals surface area contributed by atoms with Gasteiger partial charge in [-0.3, -0.25) is 9.59 Å². The summed E-state index contributed by atoms with van der Waals surface area (Å²) < 4.78 is 16.3. The number of ether oxygens (including phenoxy) is 3. The average molecular weight is 504 g/mol. The highest BCUT2D eigenvalue weighted by molar-refractivity contribution is 5.97. The molecular weight excluding hydrogens is 474 g/mol. The molecule has 3 aromatic rings. The first-order valence-electron chi connectivity index (χ1n) is 11.7. The third-order valence-corrected chi connectivity index (χ3v) is 5.16. The molecule has 0 atom stereocenters. The van der Waals surface area contributed by atoms with Crippen LogP contribution < -0.4 is 25.0 Å². The number of hydrogen-bond acceptors (Lipinski definition) is 7. The first kappa shape index (κ1) is 26.9. The highest BCUT2D eigenvalue weighted by atomic mass is 16.6. The first-order chi connectivity index (χ1) is 17.9. The van der Waals surface area contributed by atoms with Crippen molar-refractivity contribution in [2.24, 2.45) is 5.10 Å². The Labute approximate surface area is 215 Å². The number of aryl methyl sites for hydroxylation is 1. The first-order valence-corrected chi connectivity index (χ1v) is 11.7. The largest absolute Gasteiger partial charge is 0.494 e. The van der Waals surface area contributed by atoms with Gasteiger partial charge in [-0.05, 0) is 73.0 Å². The number of esters is 1. The lowest BCUT2D eigenvalue weighted by atomic mass is 10.1. The molecule has 192 valence electrons. The van der Waals surface area contributed by atoms with Crippen LogP contribution in [-0.2, 0) is 4.79 Å². The molecular formula is C28H29N3O6. The third kappa shape index (κ3) is 7.93. The second-order valence-corrected chi connectivity index (χ2v) is 7.96. The van der Waals surface area contributed by atoms with Gasteiger partial charge in [0, 0.05) is 5.56 Å². The van der Waals surface area contributed by atoms with Crippen LogP contribution >= 0.6 is 0 Å². The highest BCUT2D eigenvalue weighted by Gasteiger charge is 2.13. The van der Waals surface area contributed by atoms with Gasteiger partial charge in [0.15, 0.2) is 11.5 Å². The lowest BCUT2D eigenvalue weighted by Crippen LogP contribution is -2.35. The molecule has 37 heavy (non-hydrogen) atoms. The number of benzene rings is 3. The zero-order valence-electron chi connectivity index (χ0n) is 20.9. The smallest absolute Gasteiger partial charge is 0.343 e. The molecule has 0 spiro atoms. The van der Waals surface area contributed by atoms with Crippen LogP contribution in [-0.4, -0.2) is 44.3 Å². The topological polar surface area (TPSA) is 115 Å². The van der Waals surface area contributed by atoms with Crippen LogP contribution in [0.2, 0.25) is 0 Å². The second-order valence-electron chi connectivity index (χ2n) is 7.96. The van der Waals surface area contributed by atoms with Crippen molar-refractivity contribution < 1.29 is 28.6 Å². The molecule has 3 rings (SSSR count). The minimum absolute atomic E-state index is 0.228. The Bertz CT molecular complexity index is 1270. The average Bonchev–Trinajstić information content (AvgIpc) is 2.91. The zero-order valence-corrected chi connectivity index (χ0v) is 20.9. The summed E-state index contributed by atoms with van der Waals surface area (Å²) in [6.45, 7) is 4.21. The van der Waals surface area contributed by atoms with Crippen LogP contribution in [0.3, 0.4) is 0 Å². The standard InChI is InChI=1S/C28H29N3O6/c1-4-15-36-22-12-10-21(11-13-22)28(34)37-24-14-9-20(16-25(24)35-3)17-30-31-26(32)18-29-27(33)23-8-6-5-7-19(23)2/h5-14,16-17H,4,15,18H2,1-3H3,(H,29,33)(H,31,32)/b30-17-. The quantitative estimate of drug-likeness (QED) is 0.178. The number of nitrogens with zero attached hydrogens (tertiary/aromatic N) is 1. The van der Waals surface area contributed by atoms with Crippen molar-refractivity contribution in [3.63, 3.8) is 0 Å². The Morgan fingerprint density at radius 3 is 2.43 bits per heavy atom. The molecule has 0 heterocycles. The van der Waals surface area contributed by atoms with E-state index in [1.54, 1.807) is 54.6 Å². The van der Waals surface area contributed by atoms with Gasteiger partial charge in [-0.1, -0.05) is 25.1 Å². The van der Waals surface area contributed by atoms with E-state index in [4.69, 9.17) is 14.2 Å². The summed E-state index contributed by atoms with van der Waals surface area (Å²) in [6, 6.07) is 18.6. The summed E-state index contributed by atoms with van der Waals surface area (Å²) in [5.74, 6) is -0.132. The molecule has 0 radical (unpaired) electrons. The van der Waals surface area contributed by atoms with Gasteiger partial charge in [0.2, 0.25) is 0 Å². The molecule has 0 saturated carbocycles. The fraction of sp³-hybridized carbons (Fsp3) is 0.214. The van der Waals surface area contributed by atoms with Gasteiger partial charge in [-0.15, -0.1) is 0 Å². The van der Waals surface area contributed by atoms with Crippen LogP contribution in [0.15, 0.2) is 71.8 Å². The zero-order chi connectivity index (χ0) is 26.6. The van der Waals surface area contributed by atoms with E-state index in [1.807, 2.05) is 26.0 Å². The molecule has 0 aliphatic heterocycles. The van der Waals surface area contributed by atoms with Crippen molar-refractivity contribution in [2.75, 3.05) is 20.3 Å². The number of nitrogens with one attached hydrogen (secondary N) is 2. The predicted molar refractivity (Wildman–Crippen MR) is 139 cm³/mol. The minimum Gasteiger partial charge on any atom is -0.494 e. The van der Waals surface area contributed by atoms with E-state index in [2.05, 4.69) is 15.8 Å². The maximum absolute atomic E-state index is 12.5. The van der Waals surface area contributed by atoms with Gasteiger partial charge < -0.3 is 19.5 Å². The van der Waals surface area contributed by atoms with Crippen LogP contribution in [0, 0.1) is 6.92 Å². The lowest BCUT2D eigenvalue weighted by molar-refractivity contribution is -0.120. The maximum atomic E-state index is 12.5. The lowest BCUT2D eigenvalue weighted by Gasteiger charge is -2.10. The molecule has 0 aliphatic rings. The second kappa shape index (κ2) is 13.4. The van der Waals surface area contributed by atoms with Crippen LogP contribution in [0.4, 0.5) is 0 Å². The van der Waals surface area contributed by atoms with Crippen LogP contribution in [0.1, 0.15) is 45.2 Å². The summed E-state index contributed by atoms with van der Waals surface area (Å²) in [6.07, 6.45) is 2.30. The van der Waals surface area contributed by atoms with Crippen molar-refractivity contribution in [3.05, 3.63) is 89.0 Å². The molecule has 0 bridgehead atoms. The number of hydrogen-bond donors (Lipinski definition) is 2. The number of methoxy groups -OCH3 is 1. The van der Waals surface area contributed by atoms with Gasteiger partial charge in [0.1, 0.15) is 5.75 Å². The number of amides is 2. The number of carbonyl (C=O) groups excluding carboxylic acids is 3. The molecule has 2 amide bonds. The molecule has 9 heteroatoms. The van der Waals surface area contributed by atoms with Crippen LogP contribution in [0.25, 0.3) is 0 Å². The Hall–Kier alpha value is -4.66.